The van der Waals surface area contributed by atoms with Crippen LogP contribution in [0.15, 0.2) is 60.7 Å². The fraction of sp³-hybridized carbons (Fsp3) is 0. The van der Waals surface area contributed by atoms with Gasteiger partial charge in [-0.3, -0.25) is 0 Å². The summed E-state index contributed by atoms with van der Waals surface area (Å²) in [4.78, 5) is -1.36. The number of hydrogen-bond acceptors (Lipinski definition) is 8. The van der Waals surface area contributed by atoms with Crippen LogP contribution in [-0.2, 0) is 28.8 Å². The van der Waals surface area contributed by atoms with Crippen molar-refractivity contribution >= 4 is 30.0 Å². The van der Waals surface area contributed by atoms with Crippen LogP contribution in [0, 0.1) is 0 Å². The molecule has 0 aliphatic rings. The highest BCUT2D eigenvalue weighted by Gasteiger charge is 2.33. The zero-order valence-corrected chi connectivity index (χ0v) is 13.8. The summed E-state index contributed by atoms with van der Waals surface area (Å²) in [5.74, 6) is 9.71. The average molecular weight is 370 g/mol. The van der Waals surface area contributed by atoms with Crippen LogP contribution >= 0.6 is 0 Å². The van der Waals surface area contributed by atoms with E-state index < -0.39 is 30.0 Å². The Bertz CT molecular complexity index is 860. The van der Waals surface area contributed by atoms with Crippen LogP contribution < -0.4 is 11.8 Å². The Morgan fingerprint density at radius 2 is 0.917 bits per heavy atom. The topological polar surface area (TPSA) is 139 Å². The SMILES string of the molecule is NOS(=O)(=O)C(=C(c1ccccc1)S(=O)(=O)ON)c1ccccc1. The summed E-state index contributed by atoms with van der Waals surface area (Å²) in [6, 6.07) is 14.9. The molecule has 0 aromatic heterocycles. The molecular formula is C14H14N2O6S2. The highest BCUT2D eigenvalue weighted by Crippen LogP contribution is 2.35. The summed E-state index contributed by atoms with van der Waals surface area (Å²) >= 11 is 0. The van der Waals surface area contributed by atoms with Gasteiger partial charge in [-0.15, -0.1) is 0 Å². The van der Waals surface area contributed by atoms with E-state index in [0.29, 0.717) is 0 Å². The summed E-state index contributed by atoms with van der Waals surface area (Å²) < 4.78 is 57.3. The van der Waals surface area contributed by atoms with Gasteiger partial charge in [-0.2, -0.15) is 37.2 Å². The second-order valence-electron chi connectivity index (χ2n) is 4.49. The predicted octanol–water partition coefficient (Wildman–Crippen LogP) is 0.953. The summed E-state index contributed by atoms with van der Waals surface area (Å²) in [6.45, 7) is 0. The van der Waals surface area contributed by atoms with E-state index in [4.69, 9.17) is 11.8 Å². The van der Waals surface area contributed by atoms with Crippen molar-refractivity contribution in [1.29, 1.82) is 0 Å². The molecule has 0 saturated carbocycles. The van der Waals surface area contributed by atoms with E-state index in [1.54, 1.807) is 12.1 Å². The van der Waals surface area contributed by atoms with Gasteiger partial charge in [0.05, 0.1) is 0 Å². The number of nitrogens with two attached hydrogens (primary N) is 2. The molecule has 0 spiro atoms. The largest absolute Gasteiger partial charge is 0.314 e. The van der Waals surface area contributed by atoms with Gasteiger partial charge in [0.1, 0.15) is 9.81 Å². The van der Waals surface area contributed by atoms with E-state index >= 15 is 0 Å². The molecule has 0 aliphatic carbocycles. The Balaban J connectivity index is 3.01. The van der Waals surface area contributed by atoms with Crippen molar-refractivity contribution in [2.45, 2.75) is 0 Å². The molecule has 0 saturated heterocycles. The normalized spacial score (nSPS) is 13.4. The zero-order valence-electron chi connectivity index (χ0n) is 12.2. The van der Waals surface area contributed by atoms with Gasteiger partial charge < -0.3 is 0 Å². The van der Waals surface area contributed by atoms with Crippen molar-refractivity contribution in [2.24, 2.45) is 11.8 Å². The van der Waals surface area contributed by atoms with Gasteiger partial charge in [0.25, 0.3) is 0 Å². The van der Waals surface area contributed by atoms with Crippen LogP contribution in [0.3, 0.4) is 0 Å². The van der Waals surface area contributed by atoms with Gasteiger partial charge in [0.15, 0.2) is 0 Å². The van der Waals surface area contributed by atoms with Gasteiger partial charge >= 0.3 is 20.2 Å². The van der Waals surface area contributed by atoms with Crippen LogP contribution in [0.2, 0.25) is 0 Å². The smallest absolute Gasteiger partial charge is 0.197 e. The van der Waals surface area contributed by atoms with E-state index in [-0.39, 0.29) is 11.1 Å². The lowest BCUT2D eigenvalue weighted by molar-refractivity contribution is 0.338. The van der Waals surface area contributed by atoms with E-state index in [2.05, 4.69) is 8.57 Å². The van der Waals surface area contributed by atoms with Crippen LogP contribution in [0.4, 0.5) is 0 Å². The summed E-state index contributed by atoms with van der Waals surface area (Å²) in [5, 5.41) is 0. The van der Waals surface area contributed by atoms with E-state index in [0.717, 1.165) is 0 Å². The van der Waals surface area contributed by atoms with Gasteiger partial charge in [0, 0.05) is 0 Å². The van der Waals surface area contributed by atoms with Gasteiger partial charge in [-0.25, -0.2) is 0 Å². The minimum absolute atomic E-state index is 0.0439. The quantitative estimate of drug-likeness (QED) is 0.566. The van der Waals surface area contributed by atoms with Crippen LogP contribution in [-0.4, -0.2) is 16.8 Å². The second kappa shape index (κ2) is 7.21. The monoisotopic (exact) mass is 370 g/mol. The first-order valence-corrected chi connectivity index (χ1v) is 9.27. The van der Waals surface area contributed by atoms with Crippen molar-refractivity contribution in [2.75, 3.05) is 0 Å². The first kappa shape index (κ1) is 18.3. The Morgan fingerprint density at radius 1 is 0.625 bits per heavy atom. The molecule has 0 amide bonds. The maximum Gasteiger partial charge on any atom is 0.314 e. The molecule has 128 valence electrons. The number of benzene rings is 2. The Morgan fingerprint density at radius 3 is 1.17 bits per heavy atom. The minimum atomic E-state index is -4.61. The maximum absolute atomic E-state index is 12.3. The van der Waals surface area contributed by atoms with Crippen molar-refractivity contribution in [1.82, 2.24) is 0 Å². The molecule has 2 aromatic rings. The first-order valence-electron chi connectivity index (χ1n) is 6.45. The van der Waals surface area contributed by atoms with Gasteiger partial charge in [-0.05, 0) is 11.1 Å². The molecule has 0 atom stereocenters. The van der Waals surface area contributed by atoms with Gasteiger partial charge in [0.2, 0.25) is 0 Å². The average Bonchev–Trinajstić information content (AvgIpc) is 2.60. The second-order valence-corrected chi connectivity index (χ2v) is 7.51. The molecular weight excluding hydrogens is 356 g/mol. The molecule has 8 nitrogen and oxygen atoms in total. The first-order chi connectivity index (χ1) is 11.3. The molecule has 0 heterocycles. The highest BCUT2D eigenvalue weighted by atomic mass is 32.2. The van der Waals surface area contributed by atoms with Crippen LogP contribution in [0.5, 0.6) is 0 Å². The van der Waals surface area contributed by atoms with E-state index in [1.165, 1.54) is 48.5 Å². The highest BCUT2D eigenvalue weighted by molar-refractivity contribution is 8.02. The third kappa shape index (κ3) is 3.70. The zero-order chi connectivity index (χ0) is 17.8. The van der Waals surface area contributed by atoms with E-state index in [1.807, 2.05) is 0 Å². The molecule has 0 bridgehead atoms. The molecule has 2 aromatic carbocycles. The molecule has 4 N–H and O–H groups in total. The molecule has 24 heavy (non-hydrogen) atoms. The Hall–Kier alpha value is -2.08. The number of hydrogen-bond donors (Lipinski definition) is 2. The fourth-order valence-corrected chi connectivity index (χ4v) is 4.40. The predicted molar refractivity (Wildman–Crippen MR) is 88.1 cm³/mol. The molecule has 10 heteroatoms. The Kier molecular flexibility index (Phi) is 5.49. The molecule has 2 rings (SSSR count). The standard InChI is InChI=1S/C14H14N2O6S2/c15-21-23(17,18)13(11-7-3-1-4-8-11)14(24(19,20)22-16)12-9-5-2-6-10-12/h1-10H,15-16H2. The van der Waals surface area contributed by atoms with Crippen LogP contribution in [0.25, 0.3) is 9.81 Å². The Labute approximate surface area is 139 Å². The van der Waals surface area contributed by atoms with E-state index in [9.17, 15) is 16.8 Å². The maximum atomic E-state index is 12.3. The van der Waals surface area contributed by atoms with Crippen molar-refractivity contribution in [3.8, 4) is 0 Å². The lowest BCUT2D eigenvalue weighted by Gasteiger charge is -2.14. The number of rotatable bonds is 6. The molecule has 0 unspecified atom stereocenters. The van der Waals surface area contributed by atoms with Gasteiger partial charge in [-0.1, -0.05) is 60.7 Å². The molecule has 0 radical (unpaired) electrons. The summed E-state index contributed by atoms with van der Waals surface area (Å²) in [7, 11) is -9.22. The summed E-state index contributed by atoms with van der Waals surface area (Å²) in [6.07, 6.45) is 0. The lowest BCUT2D eigenvalue weighted by atomic mass is 10.1. The third-order valence-corrected chi connectivity index (χ3v) is 5.55. The van der Waals surface area contributed by atoms with Crippen molar-refractivity contribution in [3.63, 3.8) is 0 Å². The summed E-state index contributed by atoms with van der Waals surface area (Å²) in [5.41, 5.74) is 0.0878. The third-order valence-electron chi connectivity index (χ3n) is 3.03. The van der Waals surface area contributed by atoms with Crippen molar-refractivity contribution in [3.05, 3.63) is 71.8 Å². The van der Waals surface area contributed by atoms with Crippen LogP contribution in [0.1, 0.15) is 11.1 Å². The minimum Gasteiger partial charge on any atom is -0.197 e. The fourth-order valence-electron chi connectivity index (χ4n) is 2.05. The molecule has 0 aliphatic heterocycles. The molecule has 0 fully saturated rings. The van der Waals surface area contributed by atoms with Crippen molar-refractivity contribution < 1.29 is 25.4 Å². The lowest BCUT2D eigenvalue weighted by Crippen LogP contribution is -2.19.